The summed E-state index contributed by atoms with van der Waals surface area (Å²) in [6.07, 6.45) is 2.30. The van der Waals surface area contributed by atoms with Gasteiger partial charge in [0.25, 0.3) is 0 Å². The van der Waals surface area contributed by atoms with Gasteiger partial charge in [0.2, 0.25) is 0 Å². The number of rotatable bonds is 6. The molecule has 0 aromatic carbocycles. The van der Waals surface area contributed by atoms with Crippen LogP contribution in [0.2, 0.25) is 0 Å². The predicted octanol–water partition coefficient (Wildman–Crippen LogP) is 2.19. The molecule has 0 aliphatic heterocycles. The third kappa shape index (κ3) is 3.78. The van der Waals surface area contributed by atoms with E-state index in [0.29, 0.717) is 0 Å². The maximum atomic E-state index is 5.42. The monoisotopic (exact) mass is 212 g/mol. The van der Waals surface area contributed by atoms with Crippen LogP contribution in [0.1, 0.15) is 28.2 Å². The molecule has 0 amide bonds. The van der Waals surface area contributed by atoms with E-state index >= 15 is 0 Å². The fourth-order valence-electron chi connectivity index (χ4n) is 1.34. The molecule has 0 aliphatic rings. The molecule has 3 heteroatoms. The molecule has 1 rings (SSSR count). The highest BCUT2D eigenvalue weighted by Crippen LogP contribution is 2.20. The first-order chi connectivity index (χ1) is 6.74. The Balaban J connectivity index is 2.18. The van der Waals surface area contributed by atoms with Crippen LogP contribution in [0.5, 0.6) is 0 Å². The molecule has 1 aromatic heterocycles. The summed E-state index contributed by atoms with van der Waals surface area (Å²) in [5, 5.41) is 3.43. The van der Waals surface area contributed by atoms with Crippen LogP contribution in [-0.2, 0) is 6.54 Å². The van der Waals surface area contributed by atoms with Crippen molar-refractivity contribution in [3.8, 4) is 0 Å². The second-order valence-electron chi connectivity index (χ2n) is 3.62. The second kappa shape index (κ2) is 6.17. The first-order valence-electron chi connectivity index (χ1n) is 5.20. The molecule has 0 unspecified atom stereocenters. The lowest BCUT2D eigenvalue weighted by Gasteiger charge is -2.01. The minimum absolute atomic E-state index is 0.804. The lowest BCUT2D eigenvalue weighted by molar-refractivity contribution is 0.631. The summed E-state index contributed by atoms with van der Waals surface area (Å²) in [5.41, 5.74) is 6.83. The number of unbranched alkanes of at least 4 members (excludes halogenated alkanes) is 1. The summed E-state index contributed by atoms with van der Waals surface area (Å²) in [6, 6.07) is 2.27. The van der Waals surface area contributed by atoms with E-state index in [1.165, 1.54) is 21.7 Å². The minimum Gasteiger partial charge on any atom is -0.330 e. The van der Waals surface area contributed by atoms with Crippen molar-refractivity contribution < 1.29 is 0 Å². The van der Waals surface area contributed by atoms with Gasteiger partial charge in [-0.1, -0.05) is 0 Å². The average Bonchev–Trinajstić information content (AvgIpc) is 2.46. The topological polar surface area (TPSA) is 38.0 Å². The van der Waals surface area contributed by atoms with Crippen molar-refractivity contribution in [2.24, 2.45) is 5.73 Å². The highest BCUT2D eigenvalue weighted by molar-refractivity contribution is 7.12. The maximum Gasteiger partial charge on any atom is 0.0299 e. The molecule has 3 N–H and O–H groups in total. The fourth-order valence-corrected chi connectivity index (χ4v) is 2.37. The van der Waals surface area contributed by atoms with Crippen molar-refractivity contribution >= 4 is 11.3 Å². The molecule has 0 saturated heterocycles. The van der Waals surface area contributed by atoms with Gasteiger partial charge >= 0.3 is 0 Å². The van der Waals surface area contributed by atoms with Crippen molar-refractivity contribution in [2.45, 2.75) is 33.2 Å². The first kappa shape index (κ1) is 11.7. The molecule has 1 heterocycles. The van der Waals surface area contributed by atoms with Gasteiger partial charge in [-0.15, -0.1) is 11.3 Å². The highest BCUT2D eigenvalue weighted by atomic mass is 32.1. The molecule has 0 saturated carbocycles. The number of hydrogen-bond acceptors (Lipinski definition) is 3. The summed E-state index contributed by atoms with van der Waals surface area (Å²) in [4.78, 5) is 2.87. The molecule has 0 bridgehead atoms. The number of nitrogens with two attached hydrogens (primary N) is 1. The minimum atomic E-state index is 0.804. The Morgan fingerprint density at radius 1 is 1.36 bits per heavy atom. The Morgan fingerprint density at radius 3 is 2.71 bits per heavy atom. The van der Waals surface area contributed by atoms with Gasteiger partial charge in [-0.2, -0.15) is 0 Å². The van der Waals surface area contributed by atoms with Crippen LogP contribution >= 0.6 is 11.3 Å². The molecule has 14 heavy (non-hydrogen) atoms. The molecule has 0 spiro atoms. The van der Waals surface area contributed by atoms with Crippen LogP contribution in [0.3, 0.4) is 0 Å². The van der Waals surface area contributed by atoms with Gasteiger partial charge in [0, 0.05) is 16.3 Å². The number of nitrogens with one attached hydrogen (secondary N) is 1. The van der Waals surface area contributed by atoms with Crippen LogP contribution in [0, 0.1) is 13.8 Å². The van der Waals surface area contributed by atoms with Gasteiger partial charge in [0.05, 0.1) is 0 Å². The molecule has 0 radical (unpaired) electrons. The van der Waals surface area contributed by atoms with Crippen LogP contribution < -0.4 is 11.1 Å². The zero-order valence-electron chi connectivity index (χ0n) is 9.10. The van der Waals surface area contributed by atoms with Crippen LogP contribution in [0.4, 0.5) is 0 Å². The van der Waals surface area contributed by atoms with E-state index in [9.17, 15) is 0 Å². The normalized spacial score (nSPS) is 10.8. The number of hydrogen-bond donors (Lipinski definition) is 2. The number of thiophene rings is 1. The van der Waals surface area contributed by atoms with Crippen molar-refractivity contribution in [2.75, 3.05) is 13.1 Å². The molecule has 0 fully saturated rings. The van der Waals surface area contributed by atoms with Gasteiger partial charge < -0.3 is 11.1 Å². The van der Waals surface area contributed by atoms with Crippen LogP contribution in [-0.4, -0.2) is 13.1 Å². The SMILES string of the molecule is Cc1cc(CNCCCCN)sc1C. The average molecular weight is 212 g/mol. The fraction of sp³-hybridized carbons (Fsp3) is 0.636. The Labute approximate surface area is 90.5 Å². The van der Waals surface area contributed by atoms with Crippen LogP contribution in [0.15, 0.2) is 6.07 Å². The summed E-state index contributed by atoms with van der Waals surface area (Å²) < 4.78 is 0. The summed E-state index contributed by atoms with van der Waals surface area (Å²) in [6.45, 7) is 7.23. The zero-order chi connectivity index (χ0) is 10.4. The molecular formula is C11H20N2S. The van der Waals surface area contributed by atoms with E-state index < -0.39 is 0 Å². The molecular weight excluding hydrogens is 192 g/mol. The van der Waals surface area contributed by atoms with Gasteiger partial charge in [-0.3, -0.25) is 0 Å². The van der Waals surface area contributed by atoms with E-state index in [4.69, 9.17) is 5.73 Å². The van der Waals surface area contributed by atoms with E-state index in [0.717, 1.165) is 26.1 Å². The Kier molecular flexibility index (Phi) is 5.15. The molecule has 0 atom stereocenters. The molecule has 0 aliphatic carbocycles. The smallest absolute Gasteiger partial charge is 0.0299 e. The first-order valence-corrected chi connectivity index (χ1v) is 6.02. The molecule has 2 nitrogen and oxygen atoms in total. The van der Waals surface area contributed by atoms with Gasteiger partial charge in [0.1, 0.15) is 0 Å². The zero-order valence-corrected chi connectivity index (χ0v) is 9.91. The van der Waals surface area contributed by atoms with Gasteiger partial charge in [-0.25, -0.2) is 0 Å². The van der Waals surface area contributed by atoms with Gasteiger partial charge in [-0.05, 0) is 51.4 Å². The quantitative estimate of drug-likeness (QED) is 0.709. The van der Waals surface area contributed by atoms with E-state index in [2.05, 4.69) is 25.2 Å². The number of aryl methyl sites for hydroxylation is 2. The summed E-state index contributed by atoms with van der Waals surface area (Å²) in [7, 11) is 0. The van der Waals surface area contributed by atoms with Crippen molar-refractivity contribution in [3.63, 3.8) is 0 Å². The summed E-state index contributed by atoms with van der Waals surface area (Å²) >= 11 is 1.89. The lowest BCUT2D eigenvalue weighted by atomic mass is 10.3. The molecule has 80 valence electrons. The van der Waals surface area contributed by atoms with Crippen molar-refractivity contribution in [1.29, 1.82) is 0 Å². The summed E-state index contributed by atoms with van der Waals surface area (Å²) in [5.74, 6) is 0. The third-order valence-corrected chi connectivity index (χ3v) is 3.48. The lowest BCUT2D eigenvalue weighted by Crippen LogP contribution is -2.15. The van der Waals surface area contributed by atoms with E-state index in [1.54, 1.807) is 0 Å². The van der Waals surface area contributed by atoms with E-state index in [1.807, 2.05) is 11.3 Å². The van der Waals surface area contributed by atoms with E-state index in [-0.39, 0.29) is 0 Å². The maximum absolute atomic E-state index is 5.42. The van der Waals surface area contributed by atoms with Crippen molar-refractivity contribution in [1.82, 2.24) is 5.32 Å². The third-order valence-electron chi connectivity index (χ3n) is 2.32. The van der Waals surface area contributed by atoms with Crippen molar-refractivity contribution in [3.05, 3.63) is 21.4 Å². The van der Waals surface area contributed by atoms with Crippen LogP contribution in [0.25, 0.3) is 0 Å². The standard InChI is InChI=1S/C11H20N2S/c1-9-7-11(14-10(9)2)8-13-6-4-3-5-12/h7,13H,3-6,8,12H2,1-2H3. The Hall–Kier alpha value is -0.380. The molecule has 1 aromatic rings. The predicted molar refractivity (Wildman–Crippen MR) is 63.8 cm³/mol. The second-order valence-corrected chi connectivity index (χ2v) is 4.97. The Bertz CT molecular complexity index is 249. The largest absolute Gasteiger partial charge is 0.330 e. The Morgan fingerprint density at radius 2 is 2.14 bits per heavy atom. The highest BCUT2D eigenvalue weighted by Gasteiger charge is 2.00. The van der Waals surface area contributed by atoms with Gasteiger partial charge in [0.15, 0.2) is 0 Å².